The molecule has 3 N–H and O–H groups in total. The standard InChI is InChI=1S/C13H20FN3O2/c1-19-9-8-17(7-6-13(15)16-18)10-11-2-4-12(14)5-3-11/h2-5,18H,6-10H2,1H3,(H2,15,16). The molecule has 0 radical (unpaired) electrons. The van der Waals surface area contributed by atoms with E-state index < -0.39 is 0 Å². The lowest BCUT2D eigenvalue weighted by Crippen LogP contribution is -2.30. The highest BCUT2D eigenvalue weighted by molar-refractivity contribution is 5.79. The SMILES string of the molecule is COCCN(CCC(N)=NO)Cc1ccc(F)cc1. The van der Waals surface area contributed by atoms with E-state index in [4.69, 9.17) is 15.7 Å². The van der Waals surface area contributed by atoms with E-state index in [0.29, 0.717) is 26.1 Å². The summed E-state index contributed by atoms with van der Waals surface area (Å²) in [7, 11) is 1.64. The average Bonchev–Trinajstić information content (AvgIpc) is 2.43. The third-order valence-electron chi connectivity index (χ3n) is 2.74. The van der Waals surface area contributed by atoms with Gasteiger partial charge in [-0.3, -0.25) is 4.90 Å². The summed E-state index contributed by atoms with van der Waals surface area (Å²) >= 11 is 0. The van der Waals surface area contributed by atoms with E-state index in [0.717, 1.165) is 12.1 Å². The smallest absolute Gasteiger partial charge is 0.140 e. The molecule has 1 rings (SSSR count). The number of halogens is 1. The van der Waals surface area contributed by atoms with E-state index in [9.17, 15) is 4.39 Å². The third-order valence-corrected chi connectivity index (χ3v) is 2.74. The van der Waals surface area contributed by atoms with Crippen LogP contribution in [0.2, 0.25) is 0 Å². The minimum absolute atomic E-state index is 0.196. The number of rotatable bonds is 8. The summed E-state index contributed by atoms with van der Waals surface area (Å²) in [6.07, 6.45) is 0.474. The van der Waals surface area contributed by atoms with Crippen molar-refractivity contribution in [1.82, 2.24) is 4.90 Å². The molecular weight excluding hydrogens is 249 g/mol. The Hall–Kier alpha value is -1.66. The van der Waals surface area contributed by atoms with Gasteiger partial charge in [-0.15, -0.1) is 0 Å². The van der Waals surface area contributed by atoms with Gasteiger partial charge in [0.25, 0.3) is 0 Å². The summed E-state index contributed by atoms with van der Waals surface area (Å²) in [6.45, 7) is 2.64. The zero-order valence-electron chi connectivity index (χ0n) is 11.1. The Morgan fingerprint density at radius 1 is 1.37 bits per heavy atom. The Bertz CT molecular complexity index is 395. The molecule has 1 aromatic rings. The maximum absolute atomic E-state index is 12.8. The highest BCUT2D eigenvalue weighted by Crippen LogP contribution is 2.07. The van der Waals surface area contributed by atoms with Gasteiger partial charge in [0.05, 0.1) is 6.61 Å². The van der Waals surface area contributed by atoms with Gasteiger partial charge in [0, 0.05) is 33.2 Å². The van der Waals surface area contributed by atoms with Crippen molar-refractivity contribution in [3.63, 3.8) is 0 Å². The lowest BCUT2D eigenvalue weighted by molar-refractivity contribution is 0.145. The first-order chi connectivity index (χ1) is 9.15. The van der Waals surface area contributed by atoms with Crippen molar-refractivity contribution in [2.75, 3.05) is 26.8 Å². The highest BCUT2D eigenvalue weighted by atomic mass is 19.1. The predicted octanol–water partition coefficient (Wildman–Crippen LogP) is 1.41. The van der Waals surface area contributed by atoms with Crippen molar-refractivity contribution in [2.24, 2.45) is 10.9 Å². The van der Waals surface area contributed by atoms with Crippen LogP contribution in [0.3, 0.4) is 0 Å². The number of hydrogen-bond acceptors (Lipinski definition) is 4. The molecule has 0 aromatic heterocycles. The minimum Gasteiger partial charge on any atom is -0.409 e. The topological polar surface area (TPSA) is 71.1 Å². The van der Waals surface area contributed by atoms with Gasteiger partial charge < -0.3 is 15.7 Å². The van der Waals surface area contributed by atoms with Gasteiger partial charge in [0.1, 0.15) is 11.7 Å². The van der Waals surface area contributed by atoms with Crippen LogP contribution in [0.25, 0.3) is 0 Å². The van der Waals surface area contributed by atoms with Crippen LogP contribution in [-0.4, -0.2) is 42.7 Å². The molecule has 5 nitrogen and oxygen atoms in total. The molecule has 6 heteroatoms. The largest absolute Gasteiger partial charge is 0.409 e. The summed E-state index contributed by atoms with van der Waals surface area (Å²) in [5.74, 6) is -0.0506. The highest BCUT2D eigenvalue weighted by Gasteiger charge is 2.07. The normalized spacial score (nSPS) is 12.1. The molecule has 0 heterocycles. The molecule has 106 valence electrons. The summed E-state index contributed by atoms with van der Waals surface area (Å²) in [6, 6.07) is 6.37. The quantitative estimate of drug-likeness (QED) is 0.324. The van der Waals surface area contributed by atoms with Crippen LogP contribution >= 0.6 is 0 Å². The van der Waals surface area contributed by atoms with Crippen molar-refractivity contribution in [1.29, 1.82) is 0 Å². The number of oxime groups is 1. The Morgan fingerprint density at radius 2 is 2.05 bits per heavy atom. The van der Waals surface area contributed by atoms with Gasteiger partial charge in [0.15, 0.2) is 0 Å². The Labute approximate surface area is 112 Å². The summed E-state index contributed by atoms with van der Waals surface area (Å²) < 4.78 is 17.9. The fourth-order valence-electron chi connectivity index (χ4n) is 1.66. The van der Waals surface area contributed by atoms with Gasteiger partial charge in [0.2, 0.25) is 0 Å². The molecule has 0 bridgehead atoms. The molecule has 0 fully saturated rings. The molecule has 0 aliphatic carbocycles. The van der Waals surface area contributed by atoms with Gasteiger partial charge >= 0.3 is 0 Å². The number of nitrogens with two attached hydrogens (primary N) is 1. The first-order valence-corrected chi connectivity index (χ1v) is 6.08. The zero-order chi connectivity index (χ0) is 14.1. The van der Waals surface area contributed by atoms with Crippen molar-refractivity contribution in [3.8, 4) is 0 Å². The lowest BCUT2D eigenvalue weighted by atomic mass is 10.2. The van der Waals surface area contributed by atoms with Gasteiger partial charge in [-0.25, -0.2) is 4.39 Å². The number of amidine groups is 1. The van der Waals surface area contributed by atoms with Crippen LogP contribution in [0.1, 0.15) is 12.0 Å². The second-order valence-electron chi connectivity index (χ2n) is 4.24. The molecule has 0 saturated carbocycles. The van der Waals surface area contributed by atoms with E-state index in [2.05, 4.69) is 10.1 Å². The molecule has 0 amide bonds. The van der Waals surface area contributed by atoms with Crippen molar-refractivity contribution in [3.05, 3.63) is 35.6 Å². The first-order valence-electron chi connectivity index (χ1n) is 6.08. The second kappa shape index (κ2) is 8.44. The van der Waals surface area contributed by atoms with Crippen molar-refractivity contribution >= 4 is 5.84 Å². The van der Waals surface area contributed by atoms with Gasteiger partial charge in [-0.2, -0.15) is 0 Å². The van der Waals surface area contributed by atoms with E-state index in [-0.39, 0.29) is 11.7 Å². The van der Waals surface area contributed by atoms with Crippen LogP contribution in [0.4, 0.5) is 4.39 Å². The molecule has 1 aromatic carbocycles. The Morgan fingerprint density at radius 3 is 2.63 bits per heavy atom. The summed E-state index contributed by atoms with van der Waals surface area (Å²) in [5, 5.41) is 11.5. The molecule has 19 heavy (non-hydrogen) atoms. The number of nitrogens with zero attached hydrogens (tertiary/aromatic N) is 2. The second-order valence-corrected chi connectivity index (χ2v) is 4.24. The fraction of sp³-hybridized carbons (Fsp3) is 0.462. The van der Waals surface area contributed by atoms with Gasteiger partial charge in [-0.05, 0) is 17.7 Å². The number of benzene rings is 1. The van der Waals surface area contributed by atoms with Crippen LogP contribution in [0.15, 0.2) is 29.4 Å². The van der Waals surface area contributed by atoms with E-state index >= 15 is 0 Å². The van der Waals surface area contributed by atoms with Crippen LogP contribution in [-0.2, 0) is 11.3 Å². The van der Waals surface area contributed by atoms with E-state index in [1.54, 1.807) is 19.2 Å². The maximum Gasteiger partial charge on any atom is 0.140 e. The fourth-order valence-corrected chi connectivity index (χ4v) is 1.66. The minimum atomic E-state index is -0.246. The summed E-state index contributed by atoms with van der Waals surface area (Å²) in [5.41, 5.74) is 6.47. The number of methoxy groups -OCH3 is 1. The zero-order valence-corrected chi connectivity index (χ0v) is 11.1. The lowest BCUT2D eigenvalue weighted by Gasteiger charge is -2.21. The number of hydrogen-bond donors (Lipinski definition) is 2. The predicted molar refractivity (Wildman–Crippen MR) is 71.6 cm³/mol. The van der Waals surface area contributed by atoms with E-state index in [1.807, 2.05) is 0 Å². The average molecular weight is 269 g/mol. The van der Waals surface area contributed by atoms with Crippen LogP contribution in [0, 0.1) is 5.82 Å². The van der Waals surface area contributed by atoms with Crippen LogP contribution < -0.4 is 5.73 Å². The molecule has 0 saturated heterocycles. The molecule has 0 unspecified atom stereocenters. The molecule has 0 aliphatic rings. The molecule has 0 spiro atoms. The molecule has 0 aliphatic heterocycles. The van der Waals surface area contributed by atoms with Crippen molar-refractivity contribution < 1.29 is 14.3 Å². The third kappa shape index (κ3) is 6.17. The molecular formula is C13H20FN3O2. The van der Waals surface area contributed by atoms with E-state index in [1.165, 1.54) is 12.1 Å². The molecule has 0 atom stereocenters. The first kappa shape index (κ1) is 15.4. The van der Waals surface area contributed by atoms with Gasteiger partial charge in [-0.1, -0.05) is 17.3 Å². The Balaban J connectivity index is 2.55. The summed E-state index contributed by atoms with van der Waals surface area (Å²) in [4.78, 5) is 2.11. The monoisotopic (exact) mass is 269 g/mol. The number of ether oxygens (including phenoxy) is 1. The van der Waals surface area contributed by atoms with Crippen LogP contribution in [0.5, 0.6) is 0 Å². The maximum atomic E-state index is 12.8. The Kier molecular flexibility index (Phi) is 6.84. The van der Waals surface area contributed by atoms with Crippen molar-refractivity contribution in [2.45, 2.75) is 13.0 Å².